The maximum absolute atomic E-state index is 3.71. The first-order chi connectivity index (χ1) is 18.8. The molecule has 0 aliphatic rings. The minimum atomic E-state index is 1.07. The van der Waals surface area contributed by atoms with Crippen molar-refractivity contribution in [1.29, 1.82) is 0 Å². The van der Waals surface area contributed by atoms with Gasteiger partial charge in [0.1, 0.15) is 0 Å². The quantitative estimate of drug-likeness (QED) is 0.246. The first-order valence-electron chi connectivity index (χ1n) is 12.9. The van der Waals surface area contributed by atoms with Gasteiger partial charge in [-0.1, -0.05) is 103 Å². The molecule has 0 aliphatic carbocycles. The lowest BCUT2D eigenvalue weighted by Gasteiger charge is -2.19. The van der Waals surface area contributed by atoms with E-state index in [1.807, 2.05) is 17.4 Å². The summed E-state index contributed by atoms with van der Waals surface area (Å²) in [6.45, 7) is 0. The molecule has 38 heavy (non-hydrogen) atoms. The summed E-state index contributed by atoms with van der Waals surface area (Å²) in [4.78, 5) is 0. The van der Waals surface area contributed by atoms with E-state index >= 15 is 0 Å². The van der Waals surface area contributed by atoms with Crippen LogP contribution in [0.4, 0.5) is 11.4 Å². The molecular formula is C36H25NS. The van der Waals surface area contributed by atoms with Crippen LogP contribution < -0.4 is 5.32 Å². The maximum Gasteiger partial charge on any atom is 0.0470 e. The fourth-order valence-electron chi connectivity index (χ4n) is 5.23. The molecule has 0 amide bonds. The number of benzene rings is 6. The fourth-order valence-corrected chi connectivity index (χ4v) is 6.31. The Morgan fingerprint density at radius 2 is 0.974 bits per heavy atom. The van der Waals surface area contributed by atoms with Crippen molar-refractivity contribution in [2.75, 3.05) is 5.32 Å². The van der Waals surface area contributed by atoms with Crippen LogP contribution in [0, 0.1) is 0 Å². The number of fused-ring (bicyclic) bond motifs is 3. The Hall–Kier alpha value is -4.66. The van der Waals surface area contributed by atoms with Gasteiger partial charge >= 0.3 is 0 Å². The molecule has 0 unspecified atom stereocenters. The zero-order valence-corrected chi connectivity index (χ0v) is 21.6. The number of para-hydroxylation sites is 1. The van der Waals surface area contributed by atoms with Gasteiger partial charge in [-0.15, -0.1) is 11.3 Å². The maximum atomic E-state index is 3.71. The normalized spacial score (nSPS) is 11.2. The average molecular weight is 504 g/mol. The van der Waals surface area contributed by atoms with Crippen LogP contribution in [-0.2, 0) is 0 Å². The number of nitrogens with one attached hydrogen (secondary N) is 1. The lowest BCUT2D eigenvalue weighted by Crippen LogP contribution is -1.96. The second-order valence-corrected chi connectivity index (χ2v) is 10.6. The molecule has 0 radical (unpaired) electrons. The summed E-state index contributed by atoms with van der Waals surface area (Å²) in [6.07, 6.45) is 0. The molecule has 7 rings (SSSR count). The third-order valence-corrected chi connectivity index (χ3v) is 8.22. The summed E-state index contributed by atoms with van der Waals surface area (Å²) in [7, 11) is 0. The van der Waals surface area contributed by atoms with Gasteiger partial charge in [-0.3, -0.25) is 0 Å². The van der Waals surface area contributed by atoms with E-state index in [9.17, 15) is 0 Å². The molecular weight excluding hydrogens is 478 g/mol. The van der Waals surface area contributed by atoms with Crippen molar-refractivity contribution in [3.63, 3.8) is 0 Å². The fraction of sp³-hybridized carbons (Fsp3) is 0. The minimum absolute atomic E-state index is 1.07. The van der Waals surface area contributed by atoms with Crippen LogP contribution in [0.25, 0.3) is 53.6 Å². The van der Waals surface area contributed by atoms with Gasteiger partial charge in [0.05, 0.1) is 0 Å². The van der Waals surface area contributed by atoms with Crippen molar-refractivity contribution in [2.24, 2.45) is 0 Å². The minimum Gasteiger partial charge on any atom is -0.355 e. The van der Waals surface area contributed by atoms with Gasteiger partial charge < -0.3 is 5.32 Å². The van der Waals surface area contributed by atoms with Crippen molar-refractivity contribution in [3.05, 3.63) is 146 Å². The van der Waals surface area contributed by atoms with Crippen molar-refractivity contribution in [3.8, 4) is 33.4 Å². The van der Waals surface area contributed by atoms with Crippen LogP contribution in [0.5, 0.6) is 0 Å². The monoisotopic (exact) mass is 503 g/mol. The molecule has 0 atom stereocenters. The molecule has 0 fully saturated rings. The number of thiophene rings is 1. The Labute approximate surface area is 226 Å². The van der Waals surface area contributed by atoms with E-state index < -0.39 is 0 Å². The van der Waals surface area contributed by atoms with Gasteiger partial charge in [0.25, 0.3) is 0 Å². The van der Waals surface area contributed by atoms with Crippen LogP contribution in [0.2, 0.25) is 0 Å². The van der Waals surface area contributed by atoms with Gasteiger partial charge in [-0.2, -0.15) is 0 Å². The molecule has 1 nitrogen and oxygen atoms in total. The number of rotatable bonds is 5. The van der Waals surface area contributed by atoms with Crippen LogP contribution >= 0.6 is 11.3 Å². The highest BCUT2D eigenvalue weighted by atomic mass is 32.1. The molecule has 1 heterocycles. The molecule has 2 heteroatoms. The van der Waals surface area contributed by atoms with E-state index in [-0.39, 0.29) is 0 Å². The van der Waals surface area contributed by atoms with Gasteiger partial charge in [0, 0.05) is 37.1 Å². The van der Waals surface area contributed by atoms with Gasteiger partial charge in [0.2, 0.25) is 0 Å². The third-order valence-electron chi connectivity index (χ3n) is 7.07. The first-order valence-corrected chi connectivity index (χ1v) is 13.7. The second-order valence-electron chi connectivity index (χ2n) is 9.48. The third kappa shape index (κ3) is 4.15. The first kappa shape index (κ1) is 22.5. The van der Waals surface area contributed by atoms with Gasteiger partial charge in [0.15, 0.2) is 0 Å². The van der Waals surface area contributed by atoms with E-state index in [0.29, 0.717) is 0 Å². The molecule has 0 spiro atoms. The van der Waals surface area contributed by atoms with Crippen LogP contribution in [0.15, 0.2) is 146 Å². The Balaban J connectivity index is 1.50. The average Bonchev–Trinajstić information content (AvgIpc) is 3.36. The number of hydrogen-bond donors (Lipinski definition) is 1. The lowest BCUT2D eigenvalue weighted by molar-refractivity contribution is 1.52. The Morgan fingerprint density at radius 1 is 0.395 bits per heavy atom. The summed E-state index contributed by atoms with van der Waals surface area (Å²) in [5.41, 5.74) is 9.40. The summed E-state index contributed by atoms with van der Waals surface area (Å²) in [5.74, 6) is 0. The van der Waals surface area contributed by atoms with Gasteiger partial charge in [-0.25, -0.2) is 0 Å². The summed E-state index contributed by atoms with van der Waals surface area (Å²) < 4.78 is 2.65. The molecule has 0 aliphatic heterocycles. The summed E-state index contributed by atoms with van der Waals surface area (Å²) in [5, 5.41) is 6.35. The van der Waals surface area contributed by atoms with Crippen molar-refractivity contribution >= 4 is 42.9 Å². The number of anilines is 2. The van der Waals surface area contributed by atoms with Crippen molar-refractivity contribution < 1.29 is 0 Å². The topological polar surface area (TPSA) is 12.0 Å². The standard InChI is InChI=1S/C36H25NS/c1-4-12-25(13-5-1)31-24-34(37-28-16-8-3-9-17-28)32(26-14-6-2-7-15-26)23-30(31)27-20-21-36-33(22-27)29-18-10-11-19-35(29)38-36/h1-24,37H. The van der Waals surface area contributed by atoms with Crippen LogP contribution in [0.1, 0.15) is 0 Å². The zero-order chi connectivity index (χ0) is 25.3. The van der Waals surface area contributed by atoms with Crippen LogP contribution in [-0.4, -0.2) is 0 Å². The molecule has 0 saturated carbocycles. The molecule has 180 valence electrons. The highest BCUT2D eigenvalue weighted by molar-refractivity contribution is 7.25. The molecule has 1 aromatic heterocycles. The Kier molecular flexibility index (Phi) is 5.73. The Bertz CT molecular complexity index is 1870. The molecule has 7 aromatic rings. The van der Waals surface area contributed by atoms with E-state index in [4.69, 9.17) is 0 Å². The predicted octanol–water partition coefficient (Wildman–Crippen LogP) is 10.8. The smallest absolute Gasteiger partial charge is 0.0470 e. The zero-order valence-electron chi connectivity index (χ0n) is 20.8. The molecule has 0 bridgehead atoms. The summed E-state index contributed by atoms with van der Waals surface area (Å²) in [6, 6.07) is 52.1. The van der Waals surface area contributed by atoms with Crippen LogP contribution in [0.3, 0.4) is 0 Å². The van der Waals surface area contributed by atoms with Gasteiger partial charge in [-0.05, 0) is 70.3 Å². The van der Waals surface area contributed by atoms with E-state index in [2.05, 4.69) is 145 Å². The lowest BCUT2D eigenvalue weighted by atomic mass is 9.89. The molecule has 0 saturated heterocycles. The highest BCUT2D eigenvalue weighted by Crippen LogP contribution is 2.43. The predicted molar refractivity (Wildman–Crippen MR) is 165 cm³/mol. The van der Waals surface area contributed by atoms with E-state index in [1.165, 1.54) is 53.6 Å². The van der Waals surface area contributed by atoms with E-state index in [0.717, 1.165) is 11.4 Å². The second kappa shape index (κ2) is 9.66. The number of hydrogen-bond acceptors (Lipinski definition) is 2. The van der Waals surface area contributed by atoms with Crippen molar-refractivity contribution in [2.45, 2.75) is 0 Å². The summed E-state index contributed by atoms with van der Waals surface area (Å²) >= 11 is 1.86. The molecule has 6 aromatic carbocycles. The molecule has 1 N–H and O–H groups in total. The SMILES string of the molecule is c1ccc(Nc2cc(-c3ccccc3)c(-c3ccc4sc5ccccc5c4c3)cc2-c2ccccc2)cc1. The Morgan fingerprint density at radius 3 is 1.71 bits per heavy atom. The van der Waals surface area contributed by atoms with E-state index in [1.54, 1.807) is 0 Å². The highest BCUT2D eigenvalue weighted by Gasteiger charge is 2.16. The van der Waals surface area contributed by atoms with Crippen molar-refractivity contribution in [1.82, 2.24) is 0 Å². The largest absolute Gasteiger partial charge is 0.355 e.